The summed E-state index contributed by atoms with van der Waals surface area (Å²) < 4.78 is 12.8. The lowest BCUT2D eigenvalue weighted by atomic mass is 9.97. The maximum absolute atomic E-state index is 6.51. The first-order chi connectivity index (χ1) is 24.2. The number of nitrogens with zero attached hydrogens (tertiary/aromatic N) is 3. The molecule has 10 rings (SSSR count). The summed E-state index contributed by atoms with van der Waals surface area (Å²) in [4.78, 5) is 13.1. The molecule has 0 saturated carbocycles. The highest BCUT2D eigenvalue weighted by molar-refractivity contribution is 6.23. The highest BCUT2D eigenvalue weighted by Crippen LogP contribution is 2.41. The molecule has 0 saturated heterocycles. The van der Waals surface area contributed by atoms with Gasteiger partial charge in [-0.3, -0.25) is 0 Å². The highest BCUT2D eigenvalue weighted by Gasteiger charge is 2.30. The summed E-state index contributed by atoms with van der Waals surface area (Å²) in [5.74, 6) is 1.50. The minimum absolute atomic E-state index is 0.382. The van der Waals surface area contributed by atoms with E-state index in [-0.39, 0.29) is 6.17 Å². The van der Waals surface area contributed by atoms with E-state index in [9.17, 15) is 0 Å². The Labute approximate surface area is 282 Å². The number of benzene rings is 7. The maximum atomic E-state index is 6.51. The molecule has 0 bridgehead atoms. The van der Waals surface area contributed by atoms with Crippen molar-refractivity contribution in [2.75, 3.05) is 7.05 Å². The quantitative estimate of drug-likeness (QED) is 0.194. The van der Waals surface area contributed by atoms with Crippen LogP contribution >= 0.6 is 0 Å². The van der Waals surface area contributed by atoms with E-state index in [1.54, 1.807) is 0 Å². The van der Waals surface area contributed by atoms with Crippen LogP contribution in [0.2, 0.25) is 0 Å². The molecule has 2 aromatic heterocycles. The van der Waals surface area contributed by atoms with E-state index in [1.807, 2.05) is 36.4 Å². The summed E-state index contributed by atoms with van der Waals surface area (Å²) in [6.45, 7) is 0. The fraction of sp³-hybridized carbons (Fsp3) is 0.0455. The highest BCUT2D eigenvalue weighted by atomic mass is 16.3. The number of amidine groups is 2. The largest absolute Gasteiger partial charge is 0.456 e. The second-order valence-corrected chi connectivity index (χ2v) is 12.6. The van der Waals surface area contributed by atoms with Crippen molar-refractivity contribution < 1.29 is 8.83 Å². The molecule has 1 unspecified atom stereocenters. The molecule has 1 atom stereocenters. The van der Waals surface area contributed by atoms with Crippen molar-refractivity contribution in [3.8, 4) is 11.1 Å². The standard InChI is InChI=1S/C44H29N3O2/c1-47-43(30-23-22-28-14-5-6-15-29(28)24-30)45-42(46-44(47)34-18-11-21-38-40(34)32-16-7-9-19-36(32)48-38)35-25-31(27-12-3-2-4-13-27)26-39-41(35)33-17-8-10-20-37(33)49-39/h2-26,44H,1H3. The van der Waals surface area contributed by atoms with Crippen LogP contribution in [0.5, 0.6) is 0 Å². The van der Waals surface area contributed by atoms with E-state index in [4.69, 9.17) is 18.8 Å². The third kappa shape index (κ3) is 4.40. The molecule has 7 aromatic carbocycles. The molecule has 232 valence electrons. The fourth-order valence-corrected chi connectivity index (χ4v) is 7.38. The minimum Gasteiger partial charge on any atom is -0.456 e. The van der Waals surface area contributed by atoms with Crippen molar-refractivity contribution in [1.82, 2.24) is 4.90 Å². The summed E-state index contributed by atoms with van der Waals surface area (Å²) in [5, 5.41) is 6.53. The van der Waals surface area contributed by atoms with Crippen LogP contribution in [-0.4, -0.2) is 23.6 Å². The van der Waals surface area contributed by atoms with Gasteiger partial charge in [0.05, 0.1) is 0 Å². The van der Waals surface area contributed by atoms with Gasteiger partial charge in [0.25, 0.3) is 0 Å². The van der Waals surface area contributed by atoms with Gasteiger partial charge in [0.2, 0.25) is 0 Å². The summed E-state index contributed by atoms with van der Waals surface area (Å²) in [6, 6.07) is 52.5. The van der Waals surface area contributed by atoms with E-state index in [1.165, 1.54) is 5.39 Å². The average Bonchev–Trinajstić information content (AvgIpc) is 3.73. The van der Waals surface area contributed by atoms with Crippen LogP contribution in [0.15, 0.2) is 170 Å². The molecule has 5 nitrogen and oxygen atoms in total. The SMILES string of the molecule is CN1C(c2ccc3ccccc3c2)=NC(c2cc(-c3ccccc3)cc3oc4ccccc4c23)=NC1c1cccc2oc3ccccc3c12. The van der Waals surface area contributed by atoms with Crippen molar-refractivity contribution in [3.05, 3.63) is 168 Å². The van der Waals surface area contributed by atoms with Gasteiger partial charge < -0.3 is 13.7 Å². The van der Waals surface area contributed by atoms with Gasteiger partial charge in [-0.05, 0) is 58.3 Å². The first kappa shape index (κ1) is 27.6. The lowest BCUT2D eigenvalue weighted by Gasteiger charge is -2.33. The number of hydrogen-bond donors (Lipinski definition) is 0. The van der Waals surface area contributed by atoms with Crippen LogP contribution in [0.3, 0.4) is 0 Å². The lowest BCUT2D eigenvalue weighted by molar-refractivity contribution is 0.385. The van der Waals surface area contributed by atoms with Crippen molar-refractivity contribution >= 4 is 66.3 Å². The molecule has 5 heteroatoms. The summed E-state index contributed by atoms with van der Waals surface area (Å²) >= 11 is 0. The molecular formula is C44H29N3O2. The molecule has 1 aliphatic rings. The predicted octanol–water partition coefficient (Wildman–Crippen LogP) is 11.1. The Kier molecular flexibility index (Phi) is 6.09. The van der Waals surface area contributed by atoms with E-state index in [2.05, 4.69) is 127 Å². The van der Waals surface area contributed by atoms with Crippen LogP contribution in [0.4, 0.5) is 0 Å². The zero-order chi connectivity index (χ0) is 32.5. The summed E-state index contributed by atoms with van der Waals surface area (Å²) in [5.41, 5.74) is 8.50. The van der Waals surface area contributed by atoms with Crippen molar-refractivity contribution in [2.24, 2.45) is 9.98 Å². The number of hydrogen-bond acceptors (Lipinski definition) is 5. The molecule has 0 fully saturated rings. The second kappa shape index (κ2) is 10.8. The van der Waals surface area contributed by atoms with Crippen LogP contribution < -0.4 is 0 Å². The van der Waals surface area contributed by atoms with Gasteiger partial charge in [-0.25, -0.2) is 9.98 Å². The topological polar surface area (TPSA) is 54.2 Å². The minimum atomic E-state index is -0.382. The first-order valence-corrected chi connectivity index (χ1v) is 16.5. The molecule has 1 aliphatic heterocycles. The number of para-hydroxylation sites is 2. The van der Waals surface area contributed by atoms with E-state index < -0.39 is 0 Å². The second-order valence-electron chi connectivity index (χ2n) is 12.6. The van der Waals surface area contributed by atoms with Crippen LogP contribution in [0.1, 0.15) is 22.9 Å². The molecule has 49 heavy (non-hydrogen) atoms. The number of aliphatic imine (C=N–C) groups is 2. The molecule has 0 aliphatic carbocycles. The van der Waals surface area contributed by atoms with Crippen molar-refractivity contribution in [3.63, 3.8) is 0 Å². The summed E-state index contributed by atoms with van der Waals surface area (Å²) in [7, 11) is 2.09. The predicted molar refractivity (Wildman–Crippen MR) is 200 cm³/mol. The monoisotopic (exact) mass is 631 g/mol. The van der Waals surface area contributed by atoms with E-state index >= 15 is 0 Å². The Balaban J connectivity index is 1.27. The first-order valence-electron chi connectivity index (χ1n) is 16.5. The number of rotatable bonds is 4. The molecule has 9 aromatic rings. The Hall–Kier alpha value is -6.46. The van der Waals surface area contributed by atoms with E-state index in [0.717, 1.165) is 82.9 Å². The van der Waals surface area contributed by atoms with E-state index in [0.29, 0.717) is 5.84 Å². The zero-order valence-electron chi connectivity index (χ0n) is 26.7. The smallest absolute Gasteiger partial charge is 0.160 e. The summed E-state index contributed by atoms with van der Waals surface area (Å²) in [6.07, 6.45) is -0.382. The fourth-order valence-electron chi connectivity index (χ4n) is 7.38. The number of furan rings is 2. The van der Waals surface area contributed by atoms with Crippen molar-refractivity contribution in [1.29, 1.82) is 0 Å². The Morgan fingerprint density at radius 1 is 0.510 bits per heavy atom. The normalized spacial score (nSPS) is 15.0. The molecule has 0 spiro atoms. The molecular weight excluding hydrogens is 603 g/mol. The third-order valence-corrected chi connectivity index (χ3v) is 9.70. The van der Waals surface area contributed by atoms with Gasteiger partial charge in [0.1, 0.15) is 28.2 Å². The maximum Gasteiger partial charge on any atom is 0.160 e. The average molecular weight is 632 g/mol. The van der Waals surface area contributed by atoms with Crippen molar-refractivity contribution in [2.45, 2.75) is 6.17 Å². The Morgan fingerprint density at radius 3 is 2.00 bits per heavy atom. The Morgan fingerprint density at radius 2 is 1.18 bits per heavy atom. The van der Waals surface area contributed by atoms with Crippen LogP contribution in [0, 0.1) is 0 Å². The van der Waals surface area contributed by atoms with Gasteiger partial charge >= 0.3 is 0 Å². The van der Waals surface area contributed by atoms with Gasteiger partial charge in [-0.1, -0.05) is 115 Å². The Bertz CT molecular complexity index is 2810. The van der Waals surface area contributed by atoms with Gasteiger partial charge in [0.15, 0.2) is 12.0 Å². The molecule has 3 heterocycles. The lowest BCUT2D eigenvalue weighted by Crippen LogP contribution is -2.35. The molecule has 0 amide bonds. The van der Waals surface area contributed by atoms with Gasteiger partial charge in [0, 0.05) is 45.3 Å². The van der Waals surface area contributed by atoms with Crippen LogP contribution in [-0.2, 0) is 0 Å². The van der Waals surface area contributed by atoms with Gasteiger partial charge in [-0.15, -0.1) is 0 Å². The molecule has 0 radical (unpaired) electrons. The number of fused-ring (bicyclic) bond motifs is 7. The molecule has 0 N–H and O–H groups in total. The van der Waals surface area contributed by atoms with Gasteiger partial charge in [-0.2, -0.15) is 0 Å². The zero-order valence-corrected chi connectivity index (χ0v) is 26.7. The third-order valence-electron chi connectivity index (χ3n) is 9.70. The van der Waals surface area contributed by atoms with Crippen LogP contribution in [0.25, 0.3) is 65.8 Å².